The highest BCUT2D eigenvalue weighted by Crippen LogP contribution is 2.36. The summed E-state index contributed by atoms with van der Waals surface area (Å²) < 4.78 is 80.8. The molecule has 0 spiro atoms. The molecule has 0 fully saturated rings. The van der Waals surface area contributed by atoms with Crippen LogP contribution in [0.1, 0.15) is 27.9 Å². The van der Waals surface area contributed by atoms with Gasteiger partial charge in [-0.3, -0.25) is 9.13 Å². The van der Waals surface area contributed by atoms with Crippen LogP contribution >= 0.6 is 0 Å². The van der Waals surface area contributed by atoms with Crippen molar-refractivity contribution in [2.75, 3.05) is 0 Å². The van der Waals surface area contributed by atoms with Crippen LogP contribution < -0.4 is 5.69 Å². The van der Waals surface area contributed by atoms with Crippen molar-refractivity contribution in [2.45, 2.75) is 25.3 Å². The molecular weight excluding hydrogens is 452 g/mol. The van der Waals surface area contributed by atoms with Gasteiger partial charge in [0.1, 0.15) is 0 Å². The molecule has 2 heterocycles. The Bertz CT molecular complexity index is 1360. The Hall–Kier alpha value is -3.63. The normalized spacial score (nSPS) is 12.6. The zero-order chi connectivity index (χ0) is 24.1. The van der Waals surface area contributed by atoms with E-state index in [-0.39, 0.29) is 18.2 Å². The molecule has 0 aliphatic carbocycles. The number of fused-ring (bicyclic) bond motifs is 1. The molecule has 0 atom stereocenters. The molecule has 0 amide bonds. The van der Waals surface area contributed by atoms with E-state index in [2.05, 4.69) is 4.98 Å². The summed E-state index contributed by atoms with van der Waals surface area (Å²) in [6, 6.07) is 8.41. The number of benzene rings is 2. The standard InChI is InChI=1S/C22H17F6N3O2/c1-30-18(8-13-10-29-17-5-3-2-4-16(13)17)19(32)31(20(30)33)11-12-6-14(21(23,24)25)9-15(7-12)22(26,27)28/h2-7,9-10,29,32H,8,11H2,1H3. The van der Waals surface area contributed by atoms with Crippen molar-refractivity contribution in [1.29, 1.82) is 0 Å². The molecule has 0 radical (unpaired) electrons. The molecule has 2 aromatic heterocycles. The molecule has 174 valence electrons. The third-order valence-corrected chi connectivity index (χ3v) is 5.46. The van der Waals surface area contributed by atoms with Crippen molar-refractivity contribution in [1.82, 2.24) is 14.1 Å². The molecule has 5 nitrogen and oxygen atoms in total. The van der Waals surface area contributed by atoms with Gasteiger partial charge in [-0.2, -0.15) is 26.3 Å². The first-order valence-corrected chi connectivity index (χ1v) is 9.67. The summed E-state index contributed by atoms with van der Waals surface area (Å²) in [4.78, 5) is 15.7. The van der Waals surface area contributed by atoms with Crippen LogP contribution in [0.5, 0.6) is 5.88 Å². The molecule has 11 heteroatoms. The average molecular weight is 469 g/mol. The number of aromatic hydroxyl groups is 1. The van der Waals surface area contributed by atoms with Crippen molar-refractivity contribution in [2.24, 2.45) is 7.05 Å². The molecule has 0 saturated heterocycles. The van der Waals surface area contributed by atoms with Crippen LogP contribution in [0, 0.1) is 0 Å². The Labute approximate surface area is 182 Å². The van der Waals surface area contributed by atoms with E-state index in [0.29, 0.717) is 12.1 Å². The van der Waals surface area contributed by atoms with Crippen molar-refractivity contribution in [3.8, 4) is 5.88 Å². The molecule has 2 N–H and O–H groups in total. The van der Waals surface area contributed by atoms with E-state index in [1.165, 1.54) is 7.05 Å². The molecule has 4 aromatic rings. The molecular formula is C22H17F6N3O2. The molecule has 0 aliphatic rings. The van der Waals surface area contributed by atoms with E-state index >= 15 is 0 Å². The second kappa shape index (κ2) is 7.75. The summed E-state index contributed by atoms with van der Waals surface area (Å²) in [6.07, 6.45) is -8.21. The lowest BCUT2D eigenvalue weighted by molar-refractivity contribution is -0.143. The molecule has 2 aromatic carbocycles. The highest BCUT2D eigenvalue weighted by Gasteiger charge is 2.37. The van der Waals surface area contributed by atoms with Gasteiger partial charge in [0.05, 0.1) is 23.4 Å². The number of aromatic nitrogens is 3. The maximum Gasteiger partial charge on any atom is 0.416 e. The van der Waals surface area contributed by atoms with Gasteiger partial charge in [-0.15, -0.1) is 0 Å². The van der Waals surface area contributed by atoms with Crippen LogP contribution in [0.4, 0.5) is 26.3 Å². The lowest BCUT2D eigenvalue weighted by atomic mass is 10.0. The second-order valence-electron chi connectivity index (χ2n) is 7.65. The number of alkyl halides is 6. The monoisotopic (exact) mass is 469 g/mol. The van der Waals surface area contributed by atoms with Gasteiger partial charge in [0, 0.05) is 30.6 Å². The smallest absolute Gasteiger partial charge is 0.416 e. The summed E-state index contributed by atoms with van der Waals surface area (Å²) in [5.41, 5.74) is -2.41. The summed E-state index contributed by atoms with van der Waals surface area (Å²) in [5.74, 6) is -0.529. The fourth-order valence-corrected chi connectivity index (χ4v) is 3.78. The summed E-state index contributed by atoms with van der Waals surface area (Å²) >= 11 is 0. The van der Waals surface area contributed by atoms with Gasteiger partial charge in [0.25, 0.3) is 0 Å². The van der Waals surface area contributed by atoms with Gasteiger partial charge in [-0.25, -0.2) is 4.79 Å². The highest BCUT2D eigenvalue weighted by molar-refractivity contribution is 5.83. The Balaban J connectivity index is 1.75. The summed E-state index contributed by atoms with van der Waals surface area (Å²) in [7, 11) is 1.37. The third kappa shape index (κ3) is 4.22. The average Bonchev–Trinajstić information content (AvgIpc) is 3.23. The van der Waals surface area contributed by atoms with Crippen molar-refractivity contribution in [3.63, 3.8) is 0 Å². The molecule has 0 aliphatic heterocycles. The fourth-order valence-electron chi connectivity index (χ4n) is 3.78. The van der Waals surface area contributed by atoms with E-state index in [1.54, 1.807) is 6.20 Å². The van der Waals surface area contributed by atoms with Gasteiger partial charge in [-0.1, -0.05) is 18.2 Å². The number of nitrogens with zero attached hydrogens (tertiary/aromatic N) is 2. The van der Waals surface area contributed by atoms with Crippen LogP contribution in [0.25, 0.3) is 10.9 Å². The summed E-state index contributed by atoms with van der Waals surface area (Å²) in [5, 5.41) is 11.5. The number of para-hydroxylation sites is 1. The number of halogens is 6. The van der Waals surface area contributed by atoms with Crippen molar-refractivity contribution >= 4 is 10.9 Å². The quantitative estimate of drug-likeness (QED) is 0.411. The predicted molar refractivity (Wildman–Crippen MR) is 108 cm³/mol. The van der Waals surface area contributed by atoms with E-state index in [1.807, 2.05) is 24.3 Å². The number of hydrogen-bond acceptors (Lipinski definition) is 2. The molecule has 0 bridgehead atoms. The number of rotatable bonds is 4. The van der Waals surface area contributed by atoms with Crippen molar-refractivity contribution in [3.05, 3.63) is 87.1 Å². The minimum absolute atomic E-state index is 0.0135. The van der Waals surface area contributed by atoms with Gasteiger partial charge >= 0.3 is 18.0 Å². The van der Waals surface area contributed by atoms with Crippen LogP contribution in [-0.2, 0) is 32.4 Å². The minimum Gasteiger partial charge on any atom is -0.493 e. The Morgan fingerprint density at radius 1 is 0.970 bits per heavy atom. The molecule has 0 unspecified atom stereocenters. The third-order valence-electron chi connectivity index (χ3n) is 5.46. The predicted octanol–water partition coefficient (Wildman–Crippen LogP) is 5.05. The van der Waals surface area contributed by atoms with Crippen molar-refractivity contribution < 1.29 is 31.4 Å². The number of H-pyrrole nitrogens is 1. The Morgan fingerprint density at radius 2 is 1.58 bits per heavy atom. The van der Waals surface area contributed by atoms with Crippen LogP contribution in [0.15, 0.2) is 53.5 Å². The number of imidazole rings is 1. The van der Waals surface area contributed by atoms with Crippen LogP contribution in [0.3, 0.4) is 0 Å². The van der Waals surface area contributed by atoms with Crippen LogP contribution in [0.2, 0.25) is 0 Å². The topological polar surface area (TPSA) is 63.0 Å². The van der Waals surface area contributed by atoms with Gasteiger partial charge in [-0.05, 0) is 35.4 Å². The molecule has 33 heavy (non-hydrogen) atoms. The Morgan fingerprint density at radius 3 is 2.18 bits per heavy atom. The molecule has 4 rings (SSSR count). The first-order valence-electron chi connectivity index (χ1n) is 9.67. The lowest BCUT2D eigenvalue weighted by Gasteiger charge is -2.14. The van der Waals surface area contributed by atoms with E-state index < -0.39 is 47.2 Å². The van der Waals surface area contributed by atoms with Crippen LogP contribution in [-0.4, -0.2) is 19.2 Å². The second-order valence-corrected chi connectivity index (χ2v) is 7.65. The zero-order valence-electron chi connectivity index (χ0n) is 17.1. The van der Waals surface area contributed by atoms with Gasteiger partial charge in [0.2, 0.25) is 5.88 Å². The summed E-state index contributed by atoms with van der Waals surface area (Å²) in [6.45, 7) is -0.667. The first-order chi connectivity index (χ1) is 15.4. The van der Waals surface area contributed by atoms with E-state index in [4.69, 9.17) is 0 Å². The maximum atomic E-state index is 13.1. The maximum absolute atomic E-state index is 13.1. The van der Waals surface area contributed by atoms with Gasteiger partial charge < -0.3 is 10.1 Å². The number of nitrogens with one attached hydrogen (secondary N) is 1. The number of aromatic amines is 1. The Kier molecular flexibility index (Phi) is 5.30. The largest absolute Gasteiger partial charge is 0.493 e. The number of hydrogen-bond donors (Lipinski definition) is 2. The highest BCUT2D eigenvalue weighted by atomic mass is 19.4. The molecule has 0 saturated carbocycles. The zero-order valence-corrected chi connectivity index (χ0v) is 17.1. The SMILES string of the molecule is Cn1c(Cc2c[nH]c3ccccc23)c(O)n(Cc2cc(C(F)(F)F)cc(C(F)(F)F)c2)c1=O. The van der Waals surface area contributed by atoms with E-state index in [9.17, 15) is 36.2 Å². The fraction of sp³-hybridized carbons (Fsp3) is 0.227. The van der Waals surface area contributed by atoms with Gasteiger partial charge in [0.15, 0.2) is 0 Å². The first kappa shape index (κ1) is 22.6. The minimum atomic E-state index is -5.01. The lowest BCUT2D eigenvalue weighted by Crippen LogP contribution is -2.23. The van der Waals surface area contributed by atoms with E-state index in [0.717, 1.165) is 25.6 Å².